The molecular weight excluding hydrogens is 370 g/mol. The van der Waals surface area contributed by atoms with Crippen LogP contribution in [-0.4, -0.2) is 33.2 Å². The Hall–Kier alpha value is -2.12. The molecule has 148 valence electrons. The molecule has 0 bridgehead atoms. The number of nitrogens with one attached hydrogen (secondary N) is 2. The van der Waals surface area contributed by atoms with Crippen molar-refractivity contribution in [2.45, 2.75) is 51.7 Å². The fourth-order valence-electron chi connectivity index (χ4n) is 4.23. The molecule has 1 saturated heterocycles. The smallest absolute Gasteiger partial charge is 0.225 e. The lowest BCUT2D eigenvalue weighted by Crippen LogP contribution is -2.61. The number of rotatable bonds is 6. The molecule has 5 rings (SSSR count). The lowest BCUT2D eigenvalue weighted by Gasteiger charge is -2.39. The van der Waals surface area contributed by atoms with Gasteiger partial charge >= 0.3 is 0 Å². The highest BCUT2D eigenvalue weighted by atomic mass is 32.1. The summed E-state index contributed by atoms with van der Waals surface area (Å²) in [5, 5.41) is 8.63. The van der Waals surface area contributed by atoms with Crippen molar-refractivity contribution in [1.29, 1.82) is 0 Å². The Morgan fingerprint density at radius 3 is 2.86 bits per heavy atom. The number of ether oxygens (including phenoxy) is 1. The quantitative estimate of drug-likeness (QED) is 0.642. The largest absolute Gasteiger partial charge is 0.468 e. The standard InChI is InChI=1S/C21H27N5OS/c1-14-10-23-20(28-14)25-18-9-17-16(19(24-18)27-21(2)12-22-13-21)7-8-26(17)11-15-5-3-4-6-15/h7-10,15,22H,3-6,11-13H2,1-2H3,(H,23,24,25). The van der Waals surface area contributed by atoms with Crippen LogP contribution >= 0.6 is 11.3 Å². The maximum Gasteiger partial charge on any atom is 0.225 e. The molecule has 1 saturated carbocycles. The van der Waals surface area contributed by atoms with Crippen LogP contribution < -0.4 is 15.4 Å². The van der Waals surface area contributed by atoms with Crippen molar-refractivity contribution in [2.24, 2.45) is 5.92 Å². The van der Waals surface area contributed by atoms with Crippen molar-refractivity contribution >= 4 is 33.2 Å². The summed E-state index contributed by atoms with van der Waals surface area (Å²) in [6.45, 7) is 6.97. The van der Waals surface area contributed by atoms with Gasteiger partial charge in [-0.3, -0.25) is 0 Å². The van der Waals surface area contributed by atoms with Crippen molar-refractivity contribution in [2.75, 3.05) is 18.4 Å². The van der Waals surface area contributed by atoms with E-state index in [1.54, 1.807) is 11.3 Å². The zero-order valence-corrected chi connectivity index (χ0v) is 17.3. The molecule has 1 aliphatic heterocycles. The van der Waals surface area contributed by atoms with Crippen LogP contribution in [0.4, 0.5) is 10.9 Å². The Balaban J connectivity index is 1.52. The first-order chi connectivity index (χ1) is 13.6. The van der Waals surface area contributed by atoms with Crippen LogP contribution in [0.5, 0.6) is 5.88 Å². The zero-order valence-electron chi connectivity index (χ0n) is 16.5. The number of nitrogens with zero attached hydrogens (tertiary/aromatic N) is 3. The van der Waals surface area contributed by atoms with Gasteiger partial charge in [-0.15, -0.1) is 11.3 Å². The van der Waals surface area contributed by atoms with Gasteiger partial charge in [0.15, 0.2) is 5.13 Å². The average Bonchev–Trinajstić information content (AvgIpc) is 3.37. The molecule has 7 heteroatoms. The average molecular weight is 398 g/mol. The van der Waals surface area contributed by atoms with Gasteiger partial charge in [0.1, 0.15) is 11.4 Å². The van der Waals surface area contributed by atoms with E-state index in [4.69, 9.17) is 9.72 Å². The van der Waals surface area contributed by atoms with E-state index in [9.17, 15) is 0 Å². The topological polar surface area (TPSA) is 64.0 Å². The van der Waals surface area contributed by atoms with Gasteiger partial charge in [-0.2, -0.15) is 4.98 Å². The van der Waals surface area contributed by atoms with E-state index in [1.807, 2.05) is 6.20 Å². The lowest BCUT2D eigenvalue weighted by molar-refractivity contribution is 0.0322. The Labute approximate surface area is 169 Å². The van der Waals surface area contributed by atoms with Gasteiger partial charge in [-0.05, 0) is 38.7 Å². The van der Waals surface area contributed by atoms with Crippen LogP contribution in [0.2, 0.25) is 0 Å². The Bertz CT molecular complexity index is 984. The van der Waals surface area contributed by atoms with Crippen LogP contribution in [0.25, 0.3) is 10.9 Å². The maximum absolute atomic E-state index is 6.37. The van der Waals surface area contributed by atoms with Crippen LogP contribution in [0, 0.1) is 12.8 Å². The number of anilines is 2. The SMILES string of the molecule is Cc1cnc(Nc2cc3c(ccn3CC3CCCC3)c(OC3(C)CNC3)n2)s1. The van der Waals surface area contributed by atoms with Crippen LogP contribution in [0.15, 0.2) is 24.5 Å². The molecule has 2 fully saturated rings. The summed E-state index contributed by atoms with van der Waals surface area (Å²) >= 11 is 1.64. The number of fused-ring (bicyclic) bond motifs is 1. The van der Waals surface area contributed by atoms with Gasteiger partial charge in [0.25, 0.3) is 0 Å². The Morgan fingerprint density at radius 1 is 1.36 bits per heavy atom. The predicted octanol–water partition coefficient (Wildman–Crippen LogP) is 4.48. The molecule has 2 N–H and O–H groups in total. The minimum Gasteiger partial charge on any atom is -0.468 e. The first kappa shape index (κ1) is 17.9. The molecule has 2 aliphatic rings. The zero-order chi connectivity index (χ0) is 19.1. The number of hydrogen-bond acceptors (Lipinski definition) is 6. The second kappa shape index (κ2) is 7.04. The molecule has 0 aromatic carbocycles. The second-order valence-corrected chi connectivity index (χ2v) is 9.66. The van der Waals surface area contributed by atoms with E-state index < -0.39 is 0 Å². The van der Waals surface area contributed by atoms with E-state index in [2.05, 4.69) is 52.4 Å². The van der Waals surface area contributed by atoms with E-state index >= 15 is 0 Å². The van der Waals surface area contributed by atoms with Gasteiger partial charge < -0.3 is 19.9 Å². The molecule has 6 nitrogen and oxygen atoms in total. The summed E-state index contributed by atoms with van der Waals surface area (Å²) in [4.78, 5) is 10.4. The summed E-state index contributed by atoms with van der Waals surface area (Å²) in [5.74, 6) is 2.28. The molecule has 1 aliphatic carbocycles. The second-order valence-electron chi connectivity index (χ2n) is 8.42. The fourth-order valence-corrected chi connectivity index (χ4v) is 4.91. The third-order valence-corrected chi connectivity index (χ3v) is 6.69. The molecule has 0 spiro atoms. The van der Waals surface area contributed by atoms with E-state index in [1.165, 1.54) is 36.1 Å². The monoisotopic (exact) mass is 397 g/mol. The molecule has 28 heavy (non-hydrogen) atoms. The maximum atomic E-state index is 6.37. The van der Waals surface area contributed by atoms with Gasteiger partial charge in [0.05, 0.1) is 10.9 Å². The number of aromatic nitrogens is 3. The van der Waals surface area contributed by atoms with Crippen LogP contribution in [0.1, 0.15) is 37.5 Å². The van der Waals surface area contributed by atoms with Gasteiger partial charge in [-0.1, -0.05) is 12.8 Å². The molecule has 0 unspecified atom stereocenters. The highest BCUT2D eigenvalue weighted by Crippen LogP contribution is 2.34. The number of thiazole rings is 1. The normalized spacial score (nSPS) is 19.1. The van der Waals surface area contributed by atoms with Gasteiger partial charge in [0, 0.05) is 43.0 Å². The fraction of sp³-hybridized carbons (Fsp3) is 0.524. The van der Waals surface area contributed by atoms with Crippen molar-refractivity contribution < 1.29 is 4.74 Å². The van der Waals surface area contributed by atoms with Crippen LogP contribution in [-0.2, 0) is 6.54 Å². The molecule has 0 radical (unpaired) electrons. The van der Waals surface area contributed by atoms with E-state index in [-0.39, 0.29) is 5.60 Å². The third-order valence-electron chi connectivity index (χ3n) is 5.86. The summed E-state index contributed by atoms with van der Waals surface area (Å²) in [5.41, 5.74) is 0.993. The summed E-state index contributed by atoms with van der Waals surface area (Å²) in [7, 11) is 0. The minimum absolute atomic E-state index is 0.191. The molecule has 3 aromatic rings. The summed E-state index contributed by atoms with van der Waals surface area (Å²) < 4.78 is 8.75. The van der Waals surface area contributed by atoms with Crippen molar-refractivity contribution in [3.8, 4) is 5.88 Å². The summed E-state index contributed by atoms with van der Waals surface area (Å²) in [6, 6.07) is 4.29. The first-order valence-electron chi connectivity index (χ1n) is 10.2. The highest BCUT2D eigenvalue weighted by molar-refractivity contribution is 7.15. The highest BCUT2D eigenvalue weighted by Gasteiger charge is 2.35. The molecule has 4 heterocycles. The molecule has 0 atom stereocenters. The third kappa shape index (κ3) is 3.49. The number of hydrogen-bond donors (Lipinski definition) is 2. The first-order valence-corrected chi connectivity index (χ1v) is 11.0. The molecular formula is C21H27N5OS. The van der Waals surface area contributed by atoms with Gasteiger partial charge in [0.2, 0.25) is 5.88 Å². The number of pyridine rings is 1. The van der Waals surface area contributed by atoms with Crippen LogP contribution in [0.3, 0.4) is 0 Å². The van der Waals surface area contributed by atoms with Gasteiger partial charge in [-0.25, -0.2) is 4.98 Å². The van der Waals surface area contributed by atoms with E-state index in [0.717, 1.165) is 41.9 Å². The Morgan fingerprint density at radius 2 is 2.18 bits per heavy atom. The lowest BCUT2D eigenvalue weighted by atomic mass is 10.0. The molecule has 3 aromatic heterocycles. The number of aryl methyl sites for hydroxylation is 1. The van der Waals surface area contributed by atoms with Crippen molar-refractivity contribution in [1.82, 2.24) is 19.9 Å². The Kier molecular flexibility index (Phi) is 4.51. The predicted molar refractivity (Wildman–Crippen MR) is 114 cm³/mol. The van der Waals surface area contributed by atoms with E-state index in [0.29, 0.717) is 5.88 Å². The summed E-state index contributed by atoms with van der Waals surface area (Å²) in [6.07, 6.45) is 9.47. The van der Waals surface area contributed by atoms with Crippen molar-refractivity contribution in [3.05, 3.63) is 29.4 Å². The minimum atomic E-state index is -0.191. The van der Waals surface area contributed by atoms with Crippen molar-refractivity contribution in [3.63, 3.8) is 0 Å². The molecule has 0 amide bonds.